The van der Waals surface area contributed by atoms with Crippen molar-refractivity contribution >= 4 is 12.4 Å². The number of benzene rings is 2. The Labute approximate surface area is 167 Å². The molecule has 2 aromatic carbocycles. The number of carbonyl (C=O) groups is 2. The van der Waals surface area contributed by atoms with E-state index in [4.69, 9.17) is 4.74 Å². The molecule has 0 spiro atoms. The molecule has 1 fully saturated rings. The predicted octanol–water partition coefficient (Wildman–Crippen LogP) is 3.57. The minimum absolute atomic E-state index is 0.171. The fourth-order valence-corrected chi connectivity index (χ4v) is 3.24. The fourth-order valence-electron chi connectivity index (χ4n) is 3.24. The van der Waals surface area contributed by atoms with Crippen LogP contribution in [0.4, 0.5) is 0 Å². The molecule has 1 heterocycles. The maximum Gasteiger partial charge on any atom is 0.309 e. The van der Waals surface area contributed by atoms with Crippen molar-refractivity contribution in [1.82, 2.24) is 4.90 Å². The molecule has 0 bridgehead atoms. The van der Waals surface area contributed by atoms with E-state index in [1.165, 1.54) is 25.5 Å². The molecule has 1 aliphatic rings. The summed E-state index contributed by atoms with van der Waals surface area (Å²) in [5, 5.41) is 0. The van der Waals surface area contributed by atoms with Gasteiger partial charge in [-0.05, 0) is 55.6 Å². The lowest BCUT2D eigenvalue weighted by Crippen LogP contribution is -2.29. The number of esters is 1. The van der Waals surface area contributed by atoms with Gasteiger partial charge in [0, 0.05) is 0 Å². The van der Waals surface area contributed by atoms with Gasteiger partial charge in [0.1, 0.15) is 6.61 Å². The number of nitrogens with zero attached hydrogens (tertiary/aromatic N) is 1. The van der Waals surface area contributed by atoms with Gasteiger partial charge in [0.25, 0.3) is 6.47 Å². The first-order valence-corrected chi connectivity index (χ1v) is 9.55. The number of hydrogen-bond donors (Lipinski definition) is 0. The van der Waals surface area contributed by atoms with Gasteiger partial charge in [0.2, 0.25) is 0 Å². The lowest BCUT2D eigenvalue weighted by molar-refractivity contribution is -0.139. The molecular formula is C23H29NO4. The van der Waals surface area contributed by atoms with Crippen molar-refractivity contribution in [3.8, 4) is 0 Å². The van der Waals surface area contributed by atoms with Gasteiger partial charge >= 0.3 is 5.97 Å². The molecule has 0 unspecified atom stereocenters. The van der Waals surface area contributed by atoms with Crippen LogP contribution in [0.15, 0.2) is 54.6 Å². The Balaban J connectivity index is 0.000000237. The van der Waals surface area contributed by atoms with Gasteiger partial charge < -0.3 is 14.4 Å². The van der Waals surface area contributed by atoms with Crippen LogP contribution in [-0.4, -0.2) is 44.6 Å². The van der Waals surface area contributed by atoms with Crippen LogP contribution in [-0.2, 0) is 32.1 Å². The summed E-state index contributed by atoms with van der Waals surface area (Å²) in [6, 6.07) is 17.9. The molecule has 5 heteroatoms. The van der Waals surface area contributed by atoms with Crippen molar-refractivity contribution < 1.29 is 19.1 Å². The Bertz CT molecular complexity index is 724. The smallest absolute Gasteiger partial charge is 0.309 e. The quantitative estimate of drug-likeness (QED) is 0.564. The number of ether oxygens (including phenoxy) is 2. The van der Waals surface area contributed by atoms with Crippen LogP contribution in [0, 0.1) is 0 Å². The molecule has 28 heavy (non-hydrogen) atoms. The van der Waals surface area contributed by atoms with Gasteiger partial charge in [-0.3, -0.25) is 9.59 Å². The zero-order valence-electron chi connectivity index (χ0n) is 16.7. The summed E-state index contributed by atoms with van der Waals surface area (Å²) in [5.41, 5.74) is 3.43. The van der Waals surface area contributed by atoms with E-state index in [1.807, 2.05) is 42.5 Å². The van der Waals surface area contributed by atoms with Crippen molar-refractivity contribution in [3.05, 3.63) is 71.3 Å². The topological polar surface area (TPSA) is 55.8 Å². The van der Waals surface area contributed by atoms with E-state index in [1.54, 1.807) is 0 Å². The summed E-state index contributed by atoms with van der Waals surface area (Å²) in [6.45, 7) is 3.13. The van der Waals surface area contributed by atoms with Crippen molar-refractivity contribution in [2.45, 2.75) is 31.8 Å². The zero-order chi connectivity index (χ0) is 20.2. The van der Waals surface area contributed by atoms with Crippen LogP contribution < -0.4 is 0 Å². The highest BCUT2D eigenvalue weighted by atomic mass is 16.5. The second-order valence-electron chi connectivity index (χ2n) is 6.97. The Hall–Kier alpha value is -2.66. The first-order chi connectivity index (χ1) is 13.6. The molecule has 3 rings (SSSR count). The number of methoxy groups -OCH3 is 1. The molecule has 0 aromatic heterocycles. The van der Waals surface area contributed by atoms with Gasteiger partial charge in [-0.25, -0.2) is 0 Å². The minimum atomic E-state index is -0.171. The predicted molar refractivity (Wildman–Crippen MR) is 109 cm³/mol. The molecule has 150 valence electrons. The maximum atomic E-state index is 11.3. The highest BCUT2D eigenvalue weighted by Gasteiger charge is 2.18. The first kappa shape index (κ1) is 21.6. The van der Waals surface area contributed by atoms with Gasteiger partial charge in [-0.2, -0.15) is 0 Å². The Kier molecular flexibility index (Phi) is 9.22. The third kappa shape index (κ3) is 7.53. The summed E-state index contributed by atoms with van der Waals surface area (Å²) in [4.78, 5) is 23.4. The summed E-state index contributed by atoms with van der Waals surface area (Å²) in [7, 11) is 3.60. The molecule has 0 N–H and O–H groups in total. The van der Waals surface area contributed by atoms with E-state index >= 15 is 0 Å². The summed E-state index contributed by atoms with van der Waals surface area (Å²) < 4.78 is 9.25. The molecule has 0 saturated carbocycles. The van der Waals surface area contributed by atoms with Crippen LogP contribution in [0.3, 0.4) is 0 Å². The largest absolute Gasteiger partial charge is 0.469 e. The third-order valence-electron chi connectivity index (χ3n) is 4.88. The fraction of sp³-hybridized carbons (Fsp3) is 0.391. The molecule has 0 amide bonds. The first-order valence-electron chi connectivity index (χ1n) is 9.55. The Morgan fingerprint density at radius 2 is 1.75 bits per heavy atom. The van der Waals surface area contributed by atoms with E-state index in [0.29, 0.717) is 25.4 Å². The second-order valence-corrected chi connectivity index (χ2v) is 6.97. The number of carbonyl (C=O) groups excluding carboxylic acids is 2. The molecule has 1 aliphatic heterocycles. The standard InChI is InChI=1S/C15H21NO2.C8H8O2/c1-16-8-6-13(7-9-16)14-5-3-4-12(10-14)11-15(17)18-2;9-7-10-6-8-4-2-1-3-5-8/h3-5,10,13H,6-9,11H2,1-2H3;1-5,7H,6H2. The van der Waals surface area contributed by atoms with Crippen LogP contribution in [0.1, 0.15) is 35.4 Å². The normalized spacial score (nSPS) is 14.5. The van der Waals surface area contributed by atoms with E-state index < -0.39 is 0 Å². The number of likely N-dealkylation sites (tertiary alicyclic amines) is 1. The molecule has 5 nitrogen and oxygen atoms in total. The SMILES string of the molecule is COC(=O)Cc1cccc(C2CCN(C)CC2)c1.O=COCc1ccccc1. The molecule has 0 aliphatic carbocycles. The molecule has 0 radical (unpaired) electrons. The lowest BCUT2D eigenvalue weighted by atomic mass is 9.88. The highest BCUT2D eigenvalue weighted by Crippen LogP contribution is 2.28. The Morgan fingerprint density at radius 3 is 2.39 bits per heavy atom. The van der Waals surface area contributed by atoms with E-state index in [2.05, 4.69) is 28.8 Å². The summed E-state index contributed by atoms with van der Waals surface area (Å²) >= 11 is 0. The third-order valence-corrected chi connectivity index (χ3v) is 4.88. The van der Waals surface area contributed by atoms with Gasteiger partial charge in [0.05, 0.1) is 13.5 Å². The molecular weight excluding hydrogens is 354 g/mol. The van der Waals surface area contributed by atoms with E-state index in [0.717, 1.165) is 24.2 Å². The van der Waals surface area contributed by atoms with Gasteiger partial charge in [-0.15, -0.1) is 0 Å². The number of piperidine rings is 1. The van der Waals surface area contributed by atoms with Crippen molar-refractivity contribution in [3.63, 3.8) is 0 Å². The van der Waals surface area contributed by atoms with Crippen LogP contribution in [0.2, 0.25) is 0 Å². The minimum Gasteiger partial charge on any atom is -0.469 e. The monoisotopic (exact) mass is 383 g/mol. The number of hydrogen-bond acceptors (Lipinski definition) is 5. The Morgan fingerprint density at radius 1 is 1.07 bits per heavy atom. The van der Waals surface area contributed by atoms with Crippen LogP contribution >= 0.6 is 0 Å². The van der Waals surface area contributed by atoms with Gasteiger partial charge in [-0.1, -0.05) is 54.6 Å². The molecule has 1 saturated heterocycles. The molecule has 0 atom stereocenters. The van der Waals surface area contributed by atoms with Crippen LogP contribution in [0.25, 0.3) is 0 Å². The van der Waals surface area contributed by atoms with Gasteiger partial charge in [0.15, 0.2) is 0 Å². The lowest BCUT2D eigenvalue weighted by Gasteiger charge is -2.29. The number of rotatable bonds is 6. The van der Waals surface area contributed by atoms with Crippen LogP contribution in [0.5, 0.6) is 0 Å². The van der Waals surface area contributed by atoms with E-state index in [-0.39, 0.29) is 5.97 Å². The van der Waals surface area contributed by atoms with Crippen molar-refractivity contribution in [2.24, 2.45) is 0 Å². The average molecular weight is 383 g/mol. The molecule has 2 aromatic rings. The zero-order valence-corrected chi connectivity index (χ0v) is 16.7. The maximum absolute atomic E-state index is 11.3. The van der Waals surface area contributed by atoms with Crippen molar-refractivity contribution in [1.29, 1.82) is 0 Å². The van der Waals surface area contributed by atoms with E-state index in [9.17, 15) is 9.59 Å². The van der Waals surface area contributed by atoms with Crippen molar-refractivity contribution in [2.75, 3.05) is 27.2 Å². The summed E-state index contributed by atoms with van der Waals surface area (Å²) in [6.07, 6.45) is 2.79. The highest BCUT2D eigenvalue weighted by molar-refractivity contribution is 5.72. The average Bonchev–Trinajstić information content (AvgIpc) is 2.74. The summed E-state index contributed by atoms with van der Waals surface area (Å²) in [5.74, 6) is 0.467. The second kappa shape index (κ2) is 11.9.